The van der Waals surface area contributed by atoms with E-state index in [2.05, 4.69) is 57.6 Å². The highest BCUT2D eigenvalue weighted by Crippen LogP contribution is 2.44. The molecule has 0 fully saturated rings. The number of alkyl halides is 1. The molecular weight excluding hydrogens is 452 g/mol. The zero-order valence-corrected chi connectivity index (χ0v) is 13.6. The van der Waals surface area contributed by atoms with E-state index in [1.807, 2.05) is 36.4 Å². The molecule has 2 aromatic rings. The van der Waals surface area contributed by atoms with Gasteiger partial charge in [0.25, 0.3) is 5.91 Å². The lowest BCUT2D eigenvalue weighted by Gasteiger charge is -2.16. The van der Waals surface area contributed by atoms with Crippen molar-refractivity contribution in [1.82, 2.24) is 0 Å². The second-order valence-electron chi connectivity index (χ2n) is 4.09. The SMILES string of the molecule is O=C1C(I)c2ccccc2-c2ccccc2N1I. The van der Waals surface area contributed by atoms with Gasteiger partial charge in [0.2, 0.25) is 0 Å². The van der Waals surface area contributed by atoms with Crippen molar-refractivity contribution in [2.45, 2.75) is 3.92 Å². The molecule has 0 N–H and O–H groups in total. The summed E-state index contributed by atoms with van der Waals surface area (Å²) < 4.78 is 1.59. The fourth-order valence-electron chi connectivity index (χ4n) is 2.19. The minimum Gasteiger partial charge on any atom is -0.272 e. The molecule has 2 aromatic carbocycles. The van der Waals surface area contributed by atoms with Gasteiger partial charge in [0.05, 0.1) is 28.6 Å². The minimum absolute atomic E-state index is 0.119. The van der Waals surface area contributed by atoms with Gasteiger partial charge in [-0.15, -0.1) is 0 Å². The lowest BCUT2D eigenvalue weighted by molar-refractivity contribution is -0.116. The van der Waals surface area contributed by atoms with Crippen molar-refractivity contribution >= 4 is 57.1 Å². The quantitative estimate of drug-likeness (QED) is 0.321. The standard InChI is InChI=1S/C14H9I2NO/c15-13-11-7-2-1-5-9(11)10-6-3-4-8-12(10)17(16)14(13)18/h1-8,13H. The Labute approximate surface area is 133 Å². The molecule has 1 unspecified atom stereocenters. The second kappa shape index (κ2) is 4.80. The number of benzene rings is 2. The van der Waals surface area contributed by atoms with Gasteiger partial charge in [-0.3, -0.25) is 7.91 Å². The highest BCUT2D eigenvalue weighted by Gasteiger charge is 2.30. The zero-order chi connectivity index (χ0) is 12.7. The van der Waals surface area contributed by atoms with Crippen molar-refractivity contribution in [1.29, 1.82) is 0 Å². The van der Waals surface area contributed by atoms with Crippen molar-refractivity contribution in [2.24, 2.45) is 0 Å². The molecule has 4 heteroatoms. The molecule has 1 aliphatic rings. The first-order valence-corrected chi connectivity index (χ1v) is 7.73. The summed E-state index contributed by atoms with van der Waals surface area (Å²) in [5, 5.41) is 0. The summed E-state index contributed by atoms with van der Waals surface area (Å²) in [5.41, 5.74) is 4.33. The van der Waals surface area contributed by atoms with Gasteiger partial charge in [0.1, 0.15) is 3.92 Å². The molecule has 0 radical (unpaired) electrons. The summed E-state index contributed by atoms with van der Waals surface area (Å²) in [6.45, 7) is 0. The second-order valence-corrected chi connectivity index (χ2v) is 6.30. The Morgan fingerprint density at radius 1 is 0.944 bits per heavy atom. The van der Waals surface area contributed by atoms with Gasteiger partial charge in [-0.1, -0.05) is 65.1 Å². The number of para-hydroxylation sites is 1. The predicted octanol–water partition coefficient (Wildman–Crippen LogP) is 4.53. The smallest absolute Gasteiger partial charge is 0.253 e. The van der Waals surface area contributed by atoms with E-state index in [9.17, 15) is 4.79 Å². The third-order valence-electron chi connectivity index (χ3n) is 3.05. The summed E-state index contributed by atoms with van der Waals surface area (Å²) in [7, 11) is 0. The van der Waals surface area contributed by atoms with E-state index in [0.717, 1.165) is 22.4 Å². The van der Waals surface area contributed by atoms with E-state index in [4.69, 9.17) is 0 Å². The number of carbonyl (C=O) groups is 1. The number of hydrogen-bond donors (Lipinski definition) is 0. The number of carbonyl (C=O) groups excluding carboxylic acids is 1. The molecule has 1 amide bonds. The van der Waals surface area contributed by atoms with E-state index in [0.29, 0.717) is 0 Å². The van der Waals surface area contributed by atoms with Crippen molar-refractivity contribution in [3.63, 3.8) is 0 Å². The van der Waals surface area contributed by atoms with Crippen molar-refractivity contribution in [3.05, 3.63) is 54.1 Å². The Hall–Kier alpha value is -0.630. The van der Waals surface area contributed by atoms with Gasteiger partial charge in [-0.25, -0.2) is 0 Å². The number of nitrogens with zero attached hydrogens (tertiary/aromatic N) is 1. The normalized spacial score (nSPS) is 18.0. The summed E-state index contributed by atoms with van der Waals surface area (Å²) >= 11 is 4.31. The molecule has 0 saturated carbocycles. The van der Waals surface area contributed by atoms with Crippen LogP contribution in [0.3, 0.4) is 0 Å². The van der Waals surface area contributed by atoms with Gasteiger partial charge >= 0.3 is 0 Å². The lowest BCUT2D eigenvalue weighted by Crippen LogP contribution is -2.22. The third-order valence-corrected chi connectivity index (χ3v) is 5.25. The largest absolute Gasteiger partial charge is 0.272 e. The van der Waals surface area contributed by atoms with Crippen LogP contribution in [-0.2, 0) is 4.79 Å². The average Bonchev–Trinajstić information content (AvgIpc) is 2.51. The van der Waals surface area contributed by atoms with Crippen molar-refractivity contribution in [2.75, 3.05) is 3.11 Å². The van der Waals surface area contributed by atoms with Crippen LogP contribution in [0.4, 0.5) is 5.69 Å². The first kappa shape index (κ1) is 12.4. The maximum atomic E-state index is 12.4. The minimum atomic E-state index is -0.136. The van der Waals surface area contributed by atoms with Crippen LogP contribution in [0.1, 0.15) is 9.49 Å². The predicted molar refractivity (Wildman–Crippen MR) is 90.1 cm³/mol. The fourth-order valence-corrected chi connectivity index (χ4v) is 4.24. The van der Waals surface area contributed by atoms with Crippen LogP contribution in [0, 0.1) is 0 Å². The summed E-state index contributed by atoms with van der Waals surface area (Å²) in [6.07, 6.45) is 0. The molecule has 1 aliphatic heterocycles. The molecule has 18 heavy (non-hydrogen) atoms. The first-order chi connectivity index (χ1) is 8.70. The zero-order valence-electron chi connectivity index (χ0n) is 9.31. The van der Waals surface area contributed by atoms with Crippen LogP contribution in [0.5, 0.6) is 0 Å². The monoisotopic (exact) mass is 461 g/mol. The van der Waals surface area contributed by atoms with E-state index in [1.54, 1.807) is 3.11 Å². The molecule has 90 valence electrons. The molecule has 0 spiro atoms. The molecule has 1 heterocycles. The number of rotatable bonds is 0. The Bertz CT molecular complexity index is 573. The van der Waals surface area contributed by atoms with Crippen molar-refractivity contribution < 1.29 is 4.79 Å². The van der Waals surface area contributed by atoms with Crippen LogP contribution < -0.4 is 3.11 Å². The first-order valence-electron chi connectivity index (χ1n) is 5.52. The molecule has 3 rings (SSSR count). The van der Waals surface area contributed by atoms with Gasteiger partial charge < -0.3 is 0 Å². The Balaban J connectivity index is 2.36. The number of anilines is 1. The molecular formula is C14H9I2NO. The highest BCUT2D eigenvalue weighted by molar-refractivity contribution is 14.1. The number of fused-ring (bicyclic) bond motifs is 3. The number of amides is 1. The Morgan fingerprint density at radius 3 is 2.33 bits per heavy atom. The van der Waals surface area contributed by atoms with Gasteiger partial charge in [-0.2, -0.15) is 0 Å². The van der Waals surface area contributed by atoms with Crippen LogP contribution in [0.15, 0.2) is 48.5 Å². The van der Waals surface area contributed by atoms with E-state index in [-0.39, 0.29) is 9.83 Å². The van der Waals surface area contributed by atoms with Crippen LogP contribution in [0.25, 0.3) is 11.1 Å². The van der Waals surface area contributed by atoms with E-state index >= 15 is 0 Å². The van der Waals surface area contributed by atoms with Crippen LogP contribution in [-0.4, -0.2) is 5.91 Å². The third kappa shape index (κ3) is 1.85. The lowest BCUT2D eigenvalue weighted by atomic mass is 9.98. The van der Waals surface area contributed by atoms with Crippen LogP contribution >= 0.6 is 45.5 Å². The summed E-state index contributed by atoms with van der Waals surface area (Å²) in [6, 6.07) is 16.2. The molecule has 2 nitrogen and oxygen atoms in total. The summed E-state index contributed by atoms with van der Waals surface area (Å²) in [4.78, 5) is 12.4. The Morgan fingerprint density at radius 2 is 1.56 bits per heavy atom. The maximum absolute atomic E-state index is 12.4. The topological polar surface area (TPSA) is 20.3 Å². The number of hydrogen-bond acceptors (Lipinski definition) is 1. The molecule has 0 aromatic heterocycles. The van der Waals surface area contributed by atoms with E-state index in [1.165, 1.54) is 0 Å². The van der Waals surface area contributed by atoms with Gasteiger partial charge in [0, 0.05) is 5.56 Å². The van der Waals surface area contributed by atoms with Gasteiger partial charge in [-0.05, 0) is 17.2 Å². The highest BCUT2D eigenvalue weighted by atomic mass is 127. The number of halogens is 2. The van der Waals surface area contributed by atoms with Gasteiger partial charge in [0.15, 0.2) is 0 Å². The molecule has 0 bridgehead atoms. The molecule has 1 atom stereocenters. The molecule has 0 aliphatic carbocycles. The Kier molecular flexibility index (Phi) is 3.31. The van der Waals surface area contributed by atoms with E-state index < -0.39 is 0 Å². The average molecular weight is 461 g/mol. The summed E-state index contributed by atoms with van der Waals surface area (Å²) in [5.74, 6) is 0.119. The maximum Gasteiger partial charge on any atom is 0.253 e. The molecule has 0 saturated heterocycles. The van der Waals surface area contributed by atoms with Crippen LogP contribution in [0.2, 0.25) is 0 Å². The fraction of sp³-hybridized carbons (Fsp3) is 0.0714. The van der Waals surface area contributed by atoms with Crippen molar-refractivity contribution in [3.8, 4) is 11.1 Å².